The molecule has 2 heteroatoms. The van der Waals surface area contributed by atoms with E-state index in [-0.39, 0.29) is 0 Å². The van der Waals surface area contributed by atoms with Crippen molar-refractivity contribution < 1.29 is 0 Å². The molecule has 1 unspecified atom stereocenters. The number of hydrogen-bond donors (Lipinski definition) is 0. The molecule has 0 saturated heterocycles. The van der Waals surface area contributed by atoms with Crippen LogP contribution in [-0.2, 0) is 0 Å². The summed E-state index contributed by atoms with van der Waals surface area (Å²) in [6.07, 6.45) is 26.2. The van der Waals surface area contributed by atoms with Crippen LogP contribution >= 0.6 is 0 Å². The SMILES string of the molecule is CCCCCCCCCCC1N(CCCC)C=CN1CCCCCC. The molecule has 148 valence electrons. The average molecular weight is 351 g/mol. The Morgan fingerprint density at radius 2 is 0.960 bits per heavy atom. The van der Waals surface area contributed by atoms with Crippen molar-refractivity contribution in [2.75, 3.05) is 13.1 Å². The summed E-state index contributed by atoms with van der Waals surface area (Å²) in [5.41, 5.74) is 0. The lowest BCUT2D eigenvalue weighted by Gasteiger charge is -2.33. The maximum atomic E-state index is 2.63. The minimum atomic E-state index is 0.647. The highest BCUT2D eigenvalue weighted by molar-refractivity contribution is 4.96. The minimum Gasteiger partial charge on any atom is -0.356 e. The highest BCUT2D eigenvalue weighted by atomic mass is 15.4. The van der Waals surface area contributed by atoms with Gasteiger partial charge in [-0.3, -0.25) is 0 Å². The van der Waals surface area contributed by atoms with E-state index in [1.54, 1.807) is 0 Å². The molecule has 1 aliphatic heterocycles. The summed E-state index contributed by atoms with van der Waals surface area (Å²) >= 11 is 0. The van der Waals surface area contributed by atoms with E-state index in [0.29, 0.717) is 6.17 Å². The topological polar surface area (TPSA) is 6.48 Å². The normalized spacial score (nSPS) is 17.0. The van der Waals surface area contributed by atoms with Crippen LogP contribution in [0.4, 0.5) is 0 Å². The summed E-state index contributed by atoms with van der Waals surface area (Å²) in [5, 5.41) is 0. The fraction of sp³-hybridized carbons (Fsp3) is 0.913. The Hall–Kier alpha value is -0.660. The minimum absolute atomic E-state index is 0.647. The largest absolute Gasteiger partial charge is 0.356 e. The molecule has 0 aliphatic carbocycles. The molecule has 25 heavy (non-hydrogen) atoms. The maximum absolute atomic E-state index is 2.63. The van der Waals surface area contributed by atoms with Crippen LogP contribution in [0.2, 0.25) is 0 Å². The fourth-order valence-corrected chi connectivity index (χ4v) is 3.86. The molecule has 0 aromatic heterocycles. The molecule has 1 heterocycles. The van der Waals surface area contributed by atoms with Gasteiger partial charge in [0.1, 0.15) is 6.17 Å². The molecule has 0 bridgehead atoms. The lowest BCUT2D eigenvalue weighted by atomic mass is 10.1. The number of rotatable bonds is 17. The van der Waals surface area contributed by atoms with Gasteiger partial charge in [-0.2, -0.15) is 0 Å². The smallest absolute Gasteiger partial charge is 0.101 e. The Bertz CT molecular complexity index is 313. The maximum Gasteiger partial charge on any atom is 0.101 e. The first kappa shape index (κ1) is 22.4. The average Bonchev–Trinajstić information content (AvgIpc) is 3.01. The fourth-order valence-electron chi connectivity index (χ4n) is 3.86. The van der Waals surface area contributed by atoms with Crippen molar-refractivity contribution in [1.29, 1.82) is 0 Å². The van der Waals surface area contributed by atoms with E-state index in [1.807, 2.05) is 0 Å². The molecule has 1 aliphatic rings. The summed E-state index contributed by atoms with van der Waals surface area (Å²) < 4.78 is 0. The molecular weight excluding hydrogens is 304 g/mol. The molecule has 0 radical (unpaired) electrons. The number of nitrogens with zero attached hydrogens (tertiary/aromatic N) is 2. The summed E-state index contributed by atoms with van der Waals surface area (Å²) in [4.78, 5) is 5.25. The Balaban J connectivity index is 2.24. The van der Waals surface area contributed by atoms with Crippen molar-refractivity contribution >= 4 is 0 Å². The lowest BCUT2D eigenvalue weighted by Crippen LogP contribution is -2.39. The molecular formula is C23H46N2. The molecule has 0 saturated carbocycles. The first-order valence-corrected chi connectivity index (χ1v) is 11.5. The predicted octanol–water partition coefficient (Wildman–Crippen LogP) is 7.31. The second-order valence-electron chi connectivity index (χ2n) is 7.93. The van der Waals surface area contributed by atoms with Gasteiger partial charge in [0, 0.05) is 25.5 Å². The van der Waals surface area contributed by atoms with E-state index < -0.39 is 0 Å². The van der Waals surface area contributed by atoms with Crippen molar-refractivity contribution in [2.24, 2.45) is 0 Å². The third kappa shape index (κ3) is 10.2. The monoisotopic (exact) mass is 350 g/mol. The van der Waals surface area contributed by atoms with Crippen molar-refractivity contribution in [3.05, 3.63) is 12.4 Å². The first-order valence-electron chi connectivity index (χ1n) is 11.5. The van der Waals surface area contributed by atoms with Crippen LogP contribution < -0.4 is 0 Å². The quantitative estimate of drug-likeness (QED) is 0.254. The van der Waals surface area contributed by atoms with Gasteiger partial charge >= 0.3 is 0 Å². The molecule has 0 aromatic carbocycles. The van der Waals surface area contributed by atoms with Crippen LogP contribution in [0.5, 0.6) is 0 Å². The molecule has 1 rings (SSSR count). The number of unbranched alkanes of at least 4 members (excludes halogenated alkanes) is 11. The lowest BCUT2D eigenvalue weighted by molar-refractivity contribution is 0.136. The van der Waals surface area contributed by atoms with E-state index >= 15 is 0 Å². The van der Waals surface area contributed by atoms with Crippen LogP contribution in [0.15, 0.2) is 12.4 Å². The van der Waals surface area contributed by atoms with Crippen LogP contribution in [-0.4, -0.2) is 29.1 Å². The van der Waals surface area contributed by atoms with Gasteiger partial charge in [0.2, 0.25) is 0 Å². The van der Waals surface area contributed by atoms with Crippen molar-refractivity contribution in [3.8, 4) is 0 Å². The Morgan fingerprint density at radius 1 is 0.520 bits per heavy atom. The first-order chi connectivity index (χ1) is 12.3. The van der Waals surface area contributed by atoms with Crippen molar-refractivity contribution in [2.45, 2.75) is 123 Å². The molecule has 0 fully saturated rings. The summed E-state index contributed by atoms with van der Waals surface area (Å²) in [7, 11) is 0. The Kier molecular flexibility index (Phi) is 14.0. The van der Waals surface area contributed by atoms with Gasteiger partial charge < -0.3 is 9.80 Å². The van der Waals surface area contributed by atoms with Crippen molar-refractivity contribution in [1.82, 2.24) is 9.80 Å². The summed E-state index contributed by atoms with van der Waals surface area (Å²) in [6.45, 7) is 9.39. The highest BCUT2D eigenvalue weighted by Gasteiger charge is 2.24. The van der Waals surface area contributed by atoms with Gasteiger partial charge in [0.05, 0.1) is 0 Å². The zero-order valence-corrected chi connectivity index (χ0v) is 17.6. The zero-order valence-electron chi connectivity index (χ0n) is 17.6. The van der Waals surface area contributed by atoms with E-state index in [1.165, 1.54) is 109 Å². The molecule has 2 nitrogen and oxygen atoms in total. The van der Waals surface area contributed by atoms with Crippen molar-refractivity contribution in [3.63, 3.8) is 0 Å². The van der Waals surface area contributed by atoms with Gasteiger partial charge in [-0.25, -0.2) is 0 Å². The van der Waals surface area contributed by atoms with Crippen LogP contribution in [0.3, 0.4) is 0 Å². The second-order valence-corrected chi connectivity index (χ2v) is 7.93. The van der Waals surface area contributed by atoms with Gasteiger partial charge in [-0.15, -0.1) is 0 Å². The number of hydrogen-bond acceptors (Lipinski definition) is 2. The Morgan fingerprint density at radius 3 is 1.52 bits per heavy atom. The predicted molar refractivity (Wildman–Crippen MR) is 113 cm³/mol. The van der Waals surface area contributed by atoms with E-state index in [2.05, 4.69) is 43.0 Å². The van der Waals surface area contributed by atoms with Crippen LogP contribution in [0.1, 0.15) is 117 Å². The molecule has 0 spiro atoms. The van der Waals surface area contributed by atoms with Crippen LogP contribution in [0.25, 0.3) is 0 Å². The zero-order chi connectivity index (χ0) is 18.2. The van der Waals surface area contributed by atoms with Gasteiger partial charge in [0.15, 0.2) is 0 Å². The third-order valence-corrected chi connectivity index (χ3v) is 5.57. The molecule has 0 aromatic rings. The summed E-state index contributed by atoms with van der Waals surface area (Å²) in [5.74, 6) is 0. The molecule has 0 amide bonds. The van der Waals surface area contributed by atoms with Crippen LogP contribution in [0, 0.1) is 0 Å². The third-order valence-electron chi connectivity index (χ3n) is 5.57. The van der Waals surface area contributed by atoms with E-state index in [9.17, 15) is 0 Å². The van der Waals surface area contributed by atoms with Gasteiger partial charge in [-0.1, -0.05) is 91.4 Å². The molecule has 1 atom stereocenters. The van der Waals surface area contributed by atoms with E-state index in [0.717, 1.165) is 0 Å². The standard InChI is InChI=1S/C23H46N2/c1-4-7-10-12-13-14-15-16-18-23-24(19-9-6-3)21-22-25(23)20-17-11-8-5-2/h21-23H,4-20H2,1-3H3. The molecule has 0 N–H and O–H groups in total. The highest BCUT2D eigenvalue weighted by Crippen LogP contribution is 2.23. The van der Waals surface area contributed by atoms with Gasteiger partial charge in [-0.05, 0) is 25.7 Å². The summed E-state index contributed by atoms with van der Waals surface area (Å²) in [6, 6.07) is 0. The second kappa shape index (κ2) is 15.6. The van der Waals surface area contributed by atoms with E-state index in [4.69, 9.17) is 0 Å². The Labute approximate surface area is 159 Å². The van der Waals surface area contributed by atoms with Gasteiger partial charge in [0.25, 0.3) is 0 Å².